The summed E-state index contributed by atoms with van der Waals surface area (Å²) in [5.74, 6) is -0.0490. The lowest BCUT2D eigenvalue weighted by molar-refractivity contribution is 0.0988. The Kier molecular flexibility index (Phi) is 8.33. The maximum atomic E-state index is 14.1. The van der Waals surface area contributed by atoms with E-state index in [2.05, 4.69) is 30.1 Å². The molecule has 0 saturated carbocycles. The summed E-state index contributed by atoms with van der Waals surface area (Å²) in [7, 11) is 0. The third-order valence-corrected chi connectivity index (χ3v) is 7.77. The molecule has 38 heavy (non-hydrogen) atoms. The van der Waals surface area contributed by atoms with Gasteiger partial charge >= 0.3 is 0 Å². The number of rotatable bonds is 12. The zero-order valence-electron chi connectivity index (χ0n) is 22.4. The van der Waals surface area contributed by atoms with Gasteiger partial charge in [-0.15, -0.1) is 0 Å². The molecule has 1 aliphatic rings. The summed E-state index contributed by atoms with van der Waals surface area (Å²) in [6.45, 7) is 2.25. The maximum Gasteiger partial charge on any atom is 0.194 e. The Morgan fingerprint density at radius 1 is 0.605 bits per heavy atom. The number of para-hydroxylation sites is 1. The van der Waals surface area contributed by atoms with Gasteiger partial charge in [0.05, 0.1) is 5.69 Å². The van der Waals surface area contributed by atoms with Crippen LogP contribution in [0.25, 0.3) is 27.7 Å². The maximum absolute atomic E-state index is 14.1. The number of fused-ring (bicyclic) bond motifs is 2. The van der Waals surface area contributed by atoms with Gasteiger partial charge in [0.25, 0.3) is 0 Å². The van der Waals surface area contributed by atoms with Gasteiger partial charge in [-0.05, 0) is 24.5 Å². The number of carbonyl (C=O) groups is 2. The van der Waals surface area contributed by atoms with Crippen LogP contribution in [0.2, 0.25) is 0 Å². The highest BCUT2D eigenvalue weighted by Crippen LogP contribution is 2.42. The standard InChI is InChI=1S/C35H37NO2/c1-2-3-4-5-6-7-8-9-13-23-29-32(35(38)27-21-15-14-20-26(27)34(29)37)31-28-22-16-17-24-30(28)36-33(31)25-18-11-10-12-19-25/h10-12,14-22,24,36H,2-9,13,23H2,1H3. The van der Waals surface area contributed by atoms with Gasteiger partial charge in [-0.3, -0.25) is 9.59 Å². The summed E-state index contributed by atoms with van der Waals surface area (Å²) in [5, 5.41) is 0.978. The highest BCUT2D eigenvalue weighted by molar-refractivity contribution is 6.42. The highest BCUT2D eigenvalue weighted by Gasteiger charge is 2.34. The van der Waals surface area contributed by atoms with E-state index in [1.54, 1.807) is 12.1 Å². The second-order valence-electron chi connectivity index (χ2n) is 10.4. The molecule has 1 heterocycles. The topological polar surface area (TPSA) is 49.9 Å². The summed E-state index contributed by atoms with van der Waals surface area (Å²) in [4.78, 5) is 31.6. The zero-order valence-corrected chi connectivity index (χ0v) is 22.4. The molecular weight excluding hydrogens is 466 g/mol. The van der Waals surface area contributed by atoms with E-state index in [1.807, 2.05) is 48.5 Å². The first-order valence-corrected chi connectivity index (χ1v) is 14.3. The van der Waals surface area contributed by atoms with Crippen LogP contribution in [-0.4, -0.2) is 16.6 Å². The van der Waals surface area contributed by atoms with Crippen molar-refractivity contribution in [1.29, 1.82) is 0 Å². The normalized spacial score (nSPS) is 13.4. The molecule has 0 unspecified atom stereocenters. The smallest absolute Gasteiger partial charge is 0.194 e. The average Bonchev–Trinajstić information content (AvgIpc) is 3.34. The molecule has 0 saturated heterocycles. The van der Waals surface area contributed by atoms with Crippen molar-refractivity contribution in [2.24, 2.45) is 0 Å². The van der Waals surface area contributed by atoms with Gasteiger partial charge in [-0.1, -0.05) is 131 Å². The summed E-state index contributed by atoms with van der Waals surface area (Å²) in [5.41, 5.74) is 6.00. The van der Waals surface area contributed by atoms with Crippen LogP contribution in [0.4, 0.5) is 0 Å². The zero-order chi connectivity index (χ0) is 26.3. The van der Waals surface area contributed by atoms with E-state index >= 15 is 0 Å². The van der Waals surface area contributed by atoms with Crippen LogP contribution in [-0.2, 0) is 0 Å². The Bertz CT molecular complexity index is 1460. The molecule has 0 aliphatic heterocycles. The fourth-order valence-corrected chi connectivity index (χ4v) is 5.77. The van der Waals surface area contributed by atoms with Crippen molar-refractivity contribution in [2.45, 2.75) is 71.1 Å². The molecule has 0 fully saturated rings. The number of nitrogens with one attached hydrogen (secondary N) is 1. The SMILES string of the molecule is CCCCCCCCCCCC1=C(c2c(-c3ccccc3)[nH]c3ccccc23)C(=O)c2ccccc2C1=O. The molecule has 1 N–H and O–H groups in total. The van der Waals surface area contributed by atoms with Crippen molar-refractivity contribution in [2.75, 3.05) is 0 Å². The van der Waals surface area contributed by atoms with Crippen molar-refractivity contribution in [3.63, 3.8) is 0 Å². The monoisotopic (exact) mass is 503 g/mol. The van der Waals surface area contributed by atoms with Gasteiger partial charge in [-0.2, -0.15) is 0 Å². The number of Topliss-reactive ketones (excluding diaryl/α,β-unsaturated/α-hetero) is 2. The van der Waals surface area contributed by atoms with Gasteiger partial charge in [0.1, 0.15) is 0 Å². The Morgan fingerprint density at radius 3 is 1.89 bits per heavy atom. The molecule has 3 aromatic carbocycles. The van der Waals surface area contributed by atoms with Gasteiger partial charge in [-0.25, -0.2) is 0 Å². The highest BCUT2D eigenvalue weighted by atomic mass is 16.1. The van der Waals surface area contributed by atoms with E-state index in [0.717, 1.165) is 40.6 Å². The predicted octanol–water partition coefficient (Wildman–Crippen LogP) is 9.59. The lowest BCUT2D eigenvalue weighted by Gasteiger charge is -2.22. The molecular formula is C35H37NO2. The summed E-state index contributed by atoms with van der Waals surface area (Å²) in [6.07, 6.45) is 11.6. The van der Waals surface area contributed by atoms with Crippen LogP contribution >= 0.6 is 0 Å². The molecule has 0 radical (unpaired) electrons. The van der Waals surface area contributed by atoms with Crippen molar-refractivity contribution >= 4 is 28.0 Å². The molecule has 5 rings (SSSR count). The van der Waals surface area contributed by atoms with E-state index in [1.165, 1.54) is 44.9 Å². The minimum atomic E-state index is -0.0481. The van der Waals surface area contributed by atoms with Crippen molar-refractivity contribution in [3.8, 4) is 11.3 Å². The number of H-pyrrole nitrogens is 1. The second-order valence-corrected chi connectivity index (χ2v) is 10.4. The first-order chi connectivity index (χ1) is 18.7. The molecule has 1 aromatic heterocycles. The minimum Gasteiger partial charge on any atom is -0.354 e. The van der Waals surface area contributed by atoms with Gasteiger partial charge in [0.2, 0.25) is 0 Å². The number of hydrogen-bond acceptors (Lipinski definition) is 2. The van der Waals surface area contributed by atoms with Gasteiger partial charge < -0.3 is 4.98 Å². The minimum absolute atomic E-state index is 0.000872. The number of allylic oxidation sites excluding steroid dienone is 2. The summed E-state index contributed by atoms with van der Waals surface area (Å²) < 4.78 is 0. The average molecular weight is 504 g/mol. The van der Waals surface area contributed by atoms with E-state index in [-0.39, 0.29) is 11.6 Å². The number of aromatic nitrogens is 1. The number of benzene rings is 3. The van der Waals surface area contributed by atoms with Crippen LogP contribution in [0.1, 0.15) is 97.4 Å². The molecule has 3 nitrogen and oxygen atoms in total. The molecule has 3 heteroatoms. The number of unbranched alkanes of at least 4 members (excludes halogenated alkanes) is 8. The van der Waals surface area contributed by atoms with E-state index in [4.69, 9.17) is 0 Å². The lowest BCUT2D eigenvalue weighted by Crippen LogP contribution is -2.21. The second kappa shape index (κ2) is 12.2. The Labute approximate surface area is 226 Å². The summed E-state index contributed by atoms with van der Waals surface area (Å²) >= 11 is 0. The molecule has 4 aromatic rings. The molecule has 0 amide bonds. The fraction of sp³-hybridized carbons (Fsp3) is 0.314. The van der Waals surface area contributed by atoms with Crippen molar-refractivity contribution in [1.82, 2.24) is 4.98 Å². The first kappa shape index (κ1) is 25.9. The number of carbonyl (C=O) groups excluding carboxylic acids is 2. The van der Waals surface area contributed by atoms with Crippen LogP contribution < -0.4 is 0 Å². The number of aromatic amines is 1. The van der Waals surface area contributed by atoms with Gasteiger partial charge in [0.15, 0.2) is 11.6 Å². The van der Waals surface area contributed by atoms with Crippen LogP contribution in [0.3, 0.4) is 0 Å². The molecule has 0 bridgehead atoms. The molecule has 194 valence electrons. The molecule has 0 spiro atoms. The number of hydrogen-bond donors (Lipinski definition) is 1. The predicted molar refractivity (Wildman–Crippen MR) is 158 cm³/mol. The van der Waals surface area contributed by atoms with Crippen molar-refractivity contribution < 1.29 is 9.59 Å². The van der Waals surface area contributed by atoms with E-state index in [0.29, 0.717) is 28.7 Å². The fourth-order valence-electron chi connectivity index (χ4n) is 5.77. The largest absolute Gasteiger partial charge is 0.354 e. The van der Waals surface area contributed by atoms with Crippen molar-refractivity contribution in [3.05, 3.63) is 101 Å². The quantitative estimate of drug-likeness (QED) is 0.196. The van der Waals surface area contributed by atoms with E-state index in [9.17, 15) is 9.59 Å². The van der Waals surface area contributed by atoms with Crippen LogP contribution in [0, 0.1) is 0 Å². The third kappa shape index (κ3) is 5.29. The molecule has 1 aliphatic carbocycles. The first-order valence-electron chi connectivity index (χ1n) is 14.3. The molecule has 0 atom stereocenters. The third-order valence-electron chi connectivity index (χ3n) is 7.77. The van der Waals surface area contributed by atoms with Crippen LogP contribution in [0.5, 0.6) is 0 Å². The summed E-state index contributed by atoms with van der Waals surface area (Å²) in [6, 6.07) is 25.5. The Hall–Kier alpha value is -3.72. The van der Waals surface area contributed by atoms with E-state index < -0.39 is 0 Å². The Morgan fingerprint density at radius 2 is 1.18 bits per heavy atom. The Balaban J connectivity index is 1.51. The van der Waals surface area contributed by atoms with Crippen LogP contribution in [0.15, 0.2) is 84.4 Å². The lowest BCUT2D eigenvalue weighted by atomic mass is 9.78. The van der Waals surface area contributed by atoms with Gasteiger partial charge in [0, 0.05) is 38.7 Å². The number of ketones is 2.